The number of para-hydroxylation sites is 4. The molecule has 7 nitrogen and oxygen atoms in total. The maximum atomic E-state index is 13.2. The molecule has 172 valence electrons. The quantitative estimate of drug-likeness (QED) is 0.505. The van der Waals surface area contributed by atoms with Gasteiger partial charge in [-0.3, -0.25) is 19.3 Å². The summed E-state index contributed by atoms with van der Waals surface area (Å²) in [7, 11) is 0. The van der Waals surface area contributed by atoms with E-state index in [1.807, 2.05) is 60.7 Å². The smallest absolute Gasteiger partial charge is 0.308 e. The van der Waals surface area contributed by atoms with E-state index in [1.165, 1.54) is 4.90 Å². The molecule has 2 heterocycles. The van der Waals surface area contributed by atoms with Gasteiger partial charge in [-0.1, -0.05) is 48.2 Å². The van der Waals surface area contributed by atoms with Crippen LogP contribution in [0.25, 0.3) is 0 Å². The monoisotopic (exact) mass is 474 g/mol. The summed E-state index contributed by atoms with van der Waals surface area (Å²) in [5, 5.41) is 0. The van der Waals surface area contributed by atoms with E-state index in [0.29, 0.717) is 11.4 Å². The Balaban J connectivity index is 1.25. The number of carbonyl (C=O) groups is 3. The van der Waals surface area contributed by atoms with Crippen molar-refractivity contribution in [1.82, 2.24) is 0 Å². The van der Waals surface area contributed by atoms with Crippen LogP contribution in [0, 0.1) is 0 Å². The van der Waals surface area contributed by atoms with Crippen molar-refractivity contribution < 1.29 is 23.9 Å². The molecule has 8 heteroatoms. The zero-order valence-corrected chi connectivity index (χ0v) is 19.3. The molecule has 0 saturated carbocycles. The Kier molecular flexibility index (Phi) is 5.98. The molecule has 0 aromatic heterocycles. The number of rotatable bonds is 5. The molecule has 0 spiro atoms. The van der Waals surface area contributed by atoms with Gasteiger partial charge in [-0.15, -0.1) is 0 Å². The Bertz CT molecular complexity index is 1230. The lowest BCUT2D eigenvalue weighted by atomic mass is 10.2. The van der Waals surface area contributed by atoms with Crippen LogP contribution in [0.5, 0.6) is 5.75 Å². The van der Waals surface area contributed by atoms with E-state index in [4.69, 9.17) is 9.47 Å². The van der Waals surface area contributed by atoms with Crippen molar-refractivity contribution in [2.24, 2.45) is 0 Å². The molecule has 34 heavy (non-hydrogen) atoms. The van der Waals surface area contributed by atoms with Crippen molar-refractivity contribution in [3.63, 3.8) is 0 Å². The minimum absolute atomic E-state index is 0.0386. The summed E-state index contributed by atoms with van der Waals surface area (Å²) in [6, 6.07) is 22.5. The molecule has 0 radical (unpaired) electrons. The van der Waals surface area contributed by atoms with Crippen molar-refractivity contribution in [2.75, 3.05) is 23.0 Å². The zero-order valence-electron chi connectivity index (χ0n) is 18.5. The number of esters is 1. The number of benzene rings is 3. The highest BCUT2D eigenvalue weighted by Gasteiger charge is 2.32. The minimum atomic E-state index is -0.635. The summed E-state index contributed by atoms with van der Waals surface area (Å²) in [6.45, 7) is 1.42. The van der Waals surface area contributed by atoms with Gasteiger partial charge >= 0.3 is 5.97 Å². The predicted molar refractivity (Wildman–Crippen MR) is 129 cm³/mol. The molecule has 0 aliphatic carbocycles. The summed E-state index contributed by atoms with van der Waals surface area (Å²) in [4.78, 5) is 43.3. The van der Waals surface area contributed by atoms with Crippen LogP contribution in [0.15, 0.2) is 82.6 Å². The van der Waals surface area contributed by atoms with Gasteiger partial charge in [-0.05, 0) is 43.3 Å². The lowest BCUT2D eigenvalue weighted by Crippen LogP contribution is -2.45. The van der Waals surface area contributed by atoms with Gasteiger partial charge in [0.15, 0.2) is 12.7 Å². The van der Waals surface area contributed by atoms with Gasteiger partial charge in [0.2, 0.25) is 0 Å². The first-order valence-corrected chi connectivity index (χ1v) is 11.8. The molecule has 5 rings (SSSR count). The van der Waals surface area contributed by atoms with E-state index < -0.39 is 18.7 Å². The number of hydrogen-bond donors (Lipinski definition) is 0. The van der Waals surface area contributed by atoms with Crippen LogP contribution < -0.4 is 14.5 Å². The molecule has 0 bridgehead atoms. The Morgan fingerprint density at radius 1 is 0.912 bits per heavy atom. The molecule has 3 aromatic carbocycles. The maximum Gasteiger partial charge on any atom is 0.308 e. The van der Waals surface area contributed by atoms with E-state index in [0.717, 1.165) is 21.2 Å². The molecule has 2 aliphatic rings. The van der Waals surface area contributed by atoms with Gasteiger partial charge in [0.25, 0.3) is 11.8 Å². The third-order valence-electron chi connectivity index (χ3n) is 5.65. The lowest BCUT2D eigenvalue weighted by Gasteiger charge is -2.32. The Hall–Kier alpha value is -3.78. The van der Waals surface area contributed by atoms with E-state index in [2.05, 4.69) is 0 Å². The van der Waals surface area contributed by atoms with Gasteiger partial charge in [0.1, 0.15) is 5.75 Å². The van der Waals surface area contributed by atoms with Gasteiger partial charge in [-0.25, -0.2) is 0 Å². The average molecular weight is 475 g/mol. The first kappa shape index (κ1) is 22.0. The van der Waals surface area contributed by atoms with Gasteiger partial charge in [0, 0.05) is 16.3 Å². The van der Waals surface area contributed by atoms with Crippen LogP contribution in [-0.2, 0) is 19.1 Å². The van der Waals surface area contributed by atoms with E-state index in [1.54, 1.807) is 35.7 Å². The van der Waals surface area contributed by atoms with Crippen molar-refractivity contribution in [3.8, 4) is 5.75 Å². The summed E-state index contributed by atoms with van der Waals surface area (Å²) in [6.07, 6.45) is -0.673. The minimum Gasteiger partial charge on any atom is -0.479 e. The van der Waals surface area contributed by atoms with Crippen LogP contribution in [0.4, 0.5) is 17.1 Å². The number of amides is 2. The Labute approximate surface area is 201 Å². The molecule has 2 amide bonds. The second kappa shape index (κ2) is 9.23. The molecule has 0 saturated heterocycles. The van der Waals surface area contributed by atoms with Crippen LogP contribution in [0.2, 0.25) is 0 Å². The Morgan fingerprint density at radius 2 is 1.50 bits per heavy atom. The van der Waals surface area contributed by atoms with E-state index in [9.17, 15) is 14.4 Å². The number of fused-ring (bicyclic) bond motifs is 3. The molecule has 1 atom stereocenters. The van der Waals surface area contributed by atoms with E-state index >= 15 is 0 Å². The third-order valence-corrected chi connectivity index (χ3v) is 6.78. The predicted octanol–water partition coefficient (Wildman–Crippen LogP) is 4.56. The van der Waals surface area contributed by atoms with Crippen LogP contribution in [-0.4, -0.2) is 37.0 Å². The van der Waals surface area contributed by atoms with Crippen molar-refractivity contribution >= 4 is 46.6 Å². The number of ether oxygens (including phenoxy) is 2. The SMILES string of the molecule is CC1Oc2ccccc2N(CCC(=O)OCC(=O)N2c3ccccc3Sc3ccccc32)C1=O. The lowest BCUT2D eigenvalue weighted by molar-refractivity contribution is -0.147. The first-order chi connectivity index (χ1) is 16.5. The molecular weight excluding hydrogens is 452 g/mol. The normalized spacial score (nSPS) is 16.1. The second-order valence-corrected chi connectivity index (χ2v) is 8.98. The van der Waals surface area contributed by atoms with Crippen molar-refractivity contribution in [1.29, 1.82) is 0 Å². The van der Waals surface area contributed by atoms with Gasteiger partial charge < -0.3 is 14.4 Å². The maximum absolute atomic E-state index is 13.2. The summed E-state index contributed by atoms with van der Waals surface area (Å²) >= 11 is 1.60. The first-order valence-electron chi connectivity index (χ1n) is 10.9. The van der Waals surface area contributed by atoms with Gasteiger partial charge in [0.05, 0.1) is 23.5 Å². The fraction of sp³-hybridized carbons (Fsp3) is 0.192. The second-order valence-electron chi connectivity index (χ2n) is 7.90. The fourth-order valence-electron chi connectivity index (χ4n) is 4.04. The van der Waals surface area contributed by atoms with Crippen LogP contribution in [0.1, 0.15) is 13.3 Å². The molecule has 0 N–H and O–H groups in total. The molecular formula is C26H22N2O5S. The number of nitrogens with zero attached hydrogens (tertiary/aromatic N) is 2. The standard InChI is InChI=1S/C26H22N2O5S/c1-17-26(31)27(18-8-2-5-11-21(18)33-17)15-14-25(30)32-16-24(29)28-19-9-3-6-12-22(19)34-23-13-7-4-10-20(23)28/h2-13,17H,14-16H2,1H3. The largest absolute Gasteiger partial charge is 0.479 e. The highest BCUT2D eigenvalue weighted by Crippen LogP contribution is 2.47. The summed E-state index contributed by atoms with van der Waals surface area (Å²) in [5.41, 5.74) is 2.14. The number of carbonyl (C=O) groups excluding carboxylic acids is 3. The summed E-state index contributed by atoms with van der Waals surface area (Å²) in [5.74, 6) is -0.513. The molecule has 1 unspecified atom stereocenters. The zero-order chi connectivity index (χ0) is 23.7. The van der Waals surface area contributed by atoms with Crippen LogP contribution in [0.3, 0.4) is 0 Å². The number of anilines is 3. The van der Waals surface area contributed by atoms with Crippen molar-refractivity contribution in [3.05, 3.63) is 72.8 Å². The van der Waals surface area contributed by atoms with E-state index in [-0.39, 0.29) is 24.8 Å². The summed E-state index contributed by atoms with van der Waals surface area (Å²) < 4.78 is 10.9. The fourth-order valence-corrected chi connectivity index (χ4v) is 5.10. The highest BCUT2D eigenvalue weighted by molar-refractivity contribution is 7.99. The molecule has 0 fully saturated rings. The number of hydrogen-bond acceptors (Lipinski definition) is 6. The van der Waals surface area contributed by atoms with Crippen LogP contribution >= 0.6 is 11.8 Å². The topological polar surface area (TPSA) is 76.2 Å². The van der Waals surface area contributed by atoms with Gasteiger partial charge in [-0.2, -0.15) is 0 Å². The third kappa shape index (κ3) is 4.12. The highest BCUT2D eigenvalue weighted by atomic mass is 32.2. The molecule has 3 aromatic rings. The average Bonchev–Trinajstić information content (AvgIpc) is 2.86. The Morgan fingerprint density at radius 3 is 2.18 bits per heavy atom. The molecule has 2 aliphatic heterocycles. The van der Waals surface area contributed by atoms with Crippen molar-refractivity contribution in [2.45, 2.75) is 29.2 Å².